The molecule has 1 heterocycles. The number of carbonyl (C=O) groups excluding carboxylic acids is 2. The maximum Gasteiger partial charge on any atom is 0.226 e. The van der Waals surface area contributed by atoms with Gasteiger partial charge in [-0.2, -0.15) is 0 Å². The first-order valence-electron chi connectivity index (χ1n) is 8.84. The number of hydrogen-bond acceptors (Lipinski definition) is 4. The van der Waals surface area contributed by atoms with Gasteiger partial charge in [0.05, 0.1) is 36.4 Å². The number of carbonyl (C=O) groups is 2. The lowest BCUT2D eigenvalue weighted by atomic mass is 10.0. The average molecular weight is 423 g/mol. The summed E-state index contributed by atoms with van der Waals surface area (Å²) < 4.78 is 11.2. The number of fused-ring (bicyclic) bond motifs is 1. The number of nitrogens with one attached hydrogen (secondary N) is 2. The van der Waals surface area contributed by atoms with E-state index in [9.17, 15) is 9.59 Å². The monoisotopic (exact) mass is 422 g/mol. The first-order valence-corrected chi connectivity index (χ1v) is 9.59. The Kier molecular flexibility index (Phi) is 6.65. The van der Waals surface area contributed by atoms with Crippen molar-refractivity contribution in [3.63, 3.8) is 0 Å². The predicted molar refractivity (Wildman–Crippen MR) is 108 cm³/mol. The van der Waals surface area contributed by atoms with Crippen LogP contribution in [0.1, 0.15) is 31.4 Å². The van der Waals surface area contributed by atoms with E-state index in [1.54, 1.807) is 36.4 Å². The van der Waals surface area contributed by atoms with Gasteiger partial charge in [0.25, 0.3) is 0 Å². The van der Waals surface area contributed by atoms with Crippen molar-refractivity contribution >= 4 is 40.7 Å². The zero-order valence-corrected chi connectivity index (χ0v) is 16.8. The molecule has 0 fully saturated rings. The first-order chi connectivity index (χ1) is 13.4. The molecule has 2 aromatic rings. The molecule has 2 aromatic carbocycles. The van der Waals surface area contributed by atoms with Gasteiger partial charge in [0.2, 0.25) is 11.8 Å². The van der Waals surface area contributed by atoms with Crippen molar-refractivity contribution in [1.29, 1.82) is 0 Å². The second-order valence-electron chi connectivity index (χ2n) is 6.39. The number of halogens is 2. The number of hydrogen-bond donors (Lipinski definition) is 2. The molecule has 6 nitrogen and oxygen atoms in total. The van der Waals surface area contributed by atoms with Gasteiger partial charge < -0.3 is 20.1 Å². The van der Waals surface area contributed by atoms with E-state index in [4.69, 9.17) is 32.7 Å². The van der Waals surface area contributed by atoms with E-state index < -0.39 is 6.04 Å². The SMILES string of the molecule is CC(=O)N[C@H](CC(=O)Nc1cc2c(cc1Cl)OCCCO2)c1ccc(Cl)cc1. The van der Waals surface area contributed by atoms with E-state index in [0.29, 0.717) is 40.4 Å². The number of rotatable bonds is 5. The minimum absolute atomic E-state index is 0.0337. The summed E-state index contributed by atoms with van der Waals surface area (Å²) in [6.07, 6.45) is 0.805. The quantitative estimate of drug-likeness (QED) is 0.749. The van der Waals surface area contributed by atoms with Crippen LogP contribution in [0.25, 0.3) is 0 Å². The van der Waals surface area contributed by atoms with Crippen LogP contribution in [0.2, 0.25) is 10.0 Å². The summed E-state index contributed by atoms with van der Waals surface area (Å²) in [6, 6.07) is 9.76. The molecule has 1 aliphatic heterocycles. The normalized spacial score (nSPS) is 14.0. The summed E-state index contributed by atoms with van der Waals surface area (Å²) in [6.45, 7) is 2.49. The Morgan fingerprint density at radius 1 is 1.07 bits per heavy atom. The molecule has 2 amide bonds. The molecule has 3 rings (SSSR count). The van der Waals surface area contributed by atoms with Crippen LogP contribution in [0.3, 0.4) is 0 Å². The van der Waals surface area contributed by atoms with Gasteiger partial charge in [-0.15, -0.1) is 0 Å². The Balaban J connectivity index is 1.74. The zero-order valence-electron chi connectivity index (χ0n) is 15.3. The highest BCUT2D eigenvalue weighted by Crippen LogP contribution is 2.37. The van der Waals surface area contributed by atoms with Gasteiger partial charge in [0, 0.05) is 30.5 Å². The number of anilines is 1. The van der Waals surface area contributed by atoms with Crippen LogP contribution in [0.5, 0.6) is 11.5 Å². The van der Waals surface area contributed by atoms with Gasteiger partial charge in [0.15, 0.2) is 11.5 Å². The molecule has 1 aliphatic rings. The molecular formula is C20H20Cl2N2O4. The van der Waals surface area contributed by atoms with E-state index >= 15 is 0 Å². The standard InChI is InChI=1S/C20H20Cl2N2O4/c1-12(25)23-16(13-3-5-14(21)6-4-13)11-20(26)24-17-10-19-18(9-15(17)22)27-7-2-8-28-19/h3-6,9-10,16H,2,7-8,11H2,1H3,(H,23,25)(H,24,26)/t16-/m1/s1. The highest BCUT2D eigenvalue weighted by molar-refractivity contribution is 6.34. The molecule has 0 aliphatic carbocycles. The van der Waals surface area contributed by atoms with Crippen LogP contribution in [-0.2, 0) is 9.59 Å². The lowest BCUT2D eigenvalue weighted by molar-refractivity contribution is -0.120. The van der Waals surface area contributed by atoms with Crippen molar-refractivity contribution in [2.24, 2.45) is 0 Å². The lowest BCUT2D eigenvalue weighted by Gasteiger charge is -2.19. The summed E-state index contributed by atoms with van der Waals surface area (Å²) in [5.41, 5.74) is 1.20. The predicted octanol–water partition coefficient (Wildman–Crippen LogP) is 4.36. The fourth-order valence-corrected chi connectivity index (χ4v) is 3.19. The molecule has 8 heteroatoms. The van der Waals surface area contributed by atoms with Crippen molar-refractivity contribution in [1.82, 2.24) is 5.32 Å². The first kappa shape index (κ1) is 20.3. The fourth-order valence-electron chi connectivity index (χ4n) is 2.86. The molecule has 28 heavy (non-hydrogen) atoms. The zero-order chi connectivity index (χ0) is 20.1. The van der Waals surface area contributed by atoms with Gasteiger partial charge in [0.1, 0.15) is 0 Å². The van der Waals surface area contributed by atoms with E-state index in [-0.39, 0.29) is 18.2 Å². The number of benzene rings is 2. The summed E-state index contributed by atoms with van der Waals surface area (Å²) in [5, 5.41) is 6.49. The largest absolute Gasteiger partial charge is 0.490 e. The Morgan fingerprint density at radius 2 is 1.71 bits per heavy atom. The smallest absolute Gasteiger partial charge is 0.226 e. The third-order valence-electron chi connectivity index (χ3n) is 4.15. The molecule has 1 atom stereocenters. The summed E-state index contributed by atoms with van der Waals surface area (Å²) in [5.74, 6) is 0.553. The van der Waals surface area contributed by atoms with Crippen LogP contribution in [-0.4, -0.2) is 25.0 Å². The van der Waals surface area contributed by atoms with Gasteiger partial charge >= 0.3 is 0 Å². The van der Waals surface area contributed by atoms with E-state index in [0.717, 1.165) is 12.0 Å². The van der Waals surface area contributed by atoms with Crippen LogP contribution in [0.4, 0.5) is 5.69 Å². The van der Waals surface area contributed by atoms with E-state index in [1.807, 2.05) is 0 Å². The Morgan fingerprint density at radius 3 is 2.36 bits per heavy atom. The molecule has 0 bridgehead atoms. The molecular weight excluding hydrogens is 403 g/mol. The number of ether oxygens (including phenoxy) is 2. The maximum atomic E-state index is 12.6. The third kappa shape index (κ3) is 5.30. The molecule has 2 N–H and O–H groups in total. The lowest BCUT2D eigenvalue weighted by Crippen LogP contribution is -2.29. The van der Waals surface area contributed by atoms with Crippen molar-refractivity contribution in [3.05, 3.63) is 52.0 Å². The maximum absolute atomic E-state index is 12.6. The third-order valence-corrected chi connectivity index (χ3v) is 4.72. The van der Waals surface area contributed by atoms with Crippen molar-refractivity contribution in [2.75, 3.05) is 18.5 Å². The van der Waals surface area contributed by atoms with Crippen LogP contribution < -0.4 is 20.1 Å². The summed E-state index contributed by atoms with van der Waals surface area (Å²) in [4.78, 5) is 24.2. The Bertz CT molecular complexity index is 871. The second-order valence-corrected chi connectivity index (χ2v) is 7.23. The Hall–Kier alpha value is -2.44. The van der Waals surface area contributed by atoms with E-state index in [1.165, 1.54) is 6.92 Å². The molecule has 0 saturated carbocycles. The van der Waals surface area contributed by atoms with Crippen LogP contribution in [0.15, 0.2) is 36.4 Å². The highest BCUT2D eigenvalue weighted by atomic mass is 35.5. The molecule has 0 spiro atoms. The molecule has 0 saturated heterocycles. The summed E-state index contributed by atoms with van der Waals surface area (Å²) in [7, 11) is 0. The minimum atomic E-state index is -0.492. The van der Waals surface area contributed by atoms with Crippen LogP contribution in [0, 0.1) is 0 Å². The molecule has 0 unspecified atom stereocenters. The van der Waals surface area contributed by atoms with Gasteiger partial charge in [-0.3, -0.25) is 9.59 Å². The minimum Gasteiger partial charge on any atom is -0.490 e. The van der Waals surface area contributed by atoms with Crippen molar-refractivity contribution in [2.45, 2.75) is 25.8 Å². The van der Waals surface area contributed by atoms with Crippen molar-refractivity contribution in [3.8, 4) is 11.5 Å². The van der Waals surface area contributed by atoms with Gasteiger partial charge in [-0.25, -0.2) is 0 Å². The molecule has 0 aromatic heterocycles. The Labute approximate surface area is 173 Å². The fraction of sp³-hybridized carbons (Fsp3) is 0.300. The second kappa shape index (κ2) is 9.17. The highest BCUT2D eigenvalue weighted by Gasteiger charge is 2.20. The van der Waals surface area contributed by atoms with E-state index in [2.05, 4.69) is 10.6 Å². The average Bonchev–Trinajstić information content (AvgIpc) is 2.86. The summed E-state index contributed by atoms with van der Waals surface area (Å²) >= 11 is 12.2. The topological polar surface area (TPSA) is 76.7 Å². The van der Waals surface area contributed by atoms with Gasteiger partial charge in [-0.1, -0.05) is 35.3 Å². The molecule has 148 valence electrons. The van der Waals surface area contributed by atoms with Gasteiger partial charge in [-0.05, 0) is 17.7 Å². The molecule has 0 radical (unpaired) electrons. The number of amides is 2. The van der Waals surface area contributed by atoms with Crippen molar-refractivity contribution < 1.29 is 19.1 Å². The van der Waals surface area contributed by atoms with Crippen LogP contribution >= 0.6 is 23.2 Å².